The van der Waals surface area contributed by atoms with Crippen LogP contribution in [0.4, 0.5) is 0 Å². The second-order valence-corrected chi connectivity index (χ2v) is 2.88. The number of carbonyl (C=O) groups excluding carboxylic acids is 1. The van der Waals surface area contributed by atoms with Crippen molar-refractivity contribution in [3.63, 3.8) is 0 Å². The van der Waals surface area contributed by atoms with Gasteiger partial charge in [0.25, 0.3) is 0 Å². The molecule has 0 saturated heterocycles. The van der Waals surface area contributed by atoms with E-state index in [1.165, 1.54) is 0 Å². The van der Waals surface area contributed by atoms with Crippen LogP contribution in [-0.2, 0) is 4.79 Å². The molecular formula is C10H13NO3. The highest BCUT2D eigenvalue weighted by Gasteiger charge is 2.10. The fraction of sp³-hybridized carbons (Fsp3) is 0.300. The summed E-state index contributed by atoms with van der Waals surface area (Å²) < 4.78 is 5.24. The third kappa shape index (κ3) is 2.47. The van der Waals surface area contributed by atoms with Gasteiger partial charge in [-0.3, -0.25) is 0 Å². The maximum Gasteiger partial charge on any atom is 0.150 e. The van der Waals surface area contributed by atoms with Gasteiger partial charge in [0.1, 0.15) is 11.7 Å². The number of carbonyl (C=O) groups is 1. The van der Waals surface area contributed by atoms with Crippen LogP contribution in [-0.4, -0.2) is 12.6 Å². The molecule has 1 atom stereocenters. The Morgan fingerprint density at radius 1 is 1.64 bits per heavy atom. The fourth-order valence-corrected chi connectivity index (χ4v) is 1.12. The van der Waals surface area contributed by atoms with Gasteiger partial charge in [-0.1, -0.05) is 12.1 Å². The third-order valence-electron chi connectivity index (χ3n) is 1.86. The van der Waals surface area contributed by atoms with E-state index in [1.807, 2.05) is 6.92 Å². The van der Waals surface area contributed by atoms with Crippen LogP contribution in [0.15, 0.2) is 24.3 Å². The van der Waals surface area contributed by atoms with Crippen molar-refractivity contribution in [2.75, 3.05) is 6.61 Å². The standard InChI is InChI=1S/C10H13NO3/c1-2-14-8-5-3-4-7(6-8)9(11)10(12)13/h3-6,9H,2,11H2,1H3,(H,12,13)/t9-/m0/s1. The van der Waals surface area contributed by atoms with E-state index in [0.29, 0.717) is 17.9 Å². The van der Waals surface area contributed by atoms with Crippen molar-refractivity contribution in [1.29, 1.82) is 0 Å². The number of carboxylic acids is 1. The van der Waals surface area contributed by atoms with E-state index >= 15 is 0 Å². The molecule has 1 aromatic rings. The molecule has 0 saturated carbocycles. The molecule has 0 heterocycles. The van der Waals surface area contributed by atoms with Crippen molar-refractivity contribution in [2.24, 2.45) is 0 Å². The molecule has 0 amide bonds. The summed E-state index contributed by atoms with van der Waals surface area (Å²) in [5.41, 5.74) is 4.08. The van der Waals surface area contributed by atoms with E-state index in [1.54, 1.807) is 24.3 Å². The predicted molar refractivity (Wildman–Crippen MR) is 48.2 cm³/mol. The summed E-state index contributed by atoms with van der Waals surface area (Å²) in [5.74, 6) is -0.529. The molecule has 0 aliphatic rings. The molecule has 0 fully saturated rings. The first-order valence-corrected chi connectivity index (χ1v) is 4.42. The lowest BCUT2D eigenvalue weighted by molar-refractivity contribution is -0.443. The Morgan fingerprint density at radius 2 is 2.36 bits per heavy atom. The molecule has 1 rings (SSSR count). The Labute approximate surface area is 82.3 Å². The number of hydrogen-bond donors (Lipinski definition) is 1. The number of carboxylic acid groups (broad SMARTS) is 1. The first-order chi connectivity index (χ1) is 6.65. The molecule has 1 aromatic carbocycles. The molecule has 3 N–H and O–H groups in total. The van der Waals surface area contributed by atoms with E-state index in [-0.39, 0.29) is 0 Å². The quantitative estimate of drug-likeness (QED) is 0.677. The minimum atomic E-state index is -1.18. The van der Waals surface area contributed by atoms with Crippen LogP contribution in [0.1, 0.15) is 18.5 Å². The van der Waals surface area contributed by atoms with E-state index in [2.05, 4.69) is 5.73 Å². The number of aliphatic carboxylic acids is 1. The maximum atomic E-state index is 10.6. The van der Waals surface area contributed by atoms with Gasteiger partial charge in [-0.2, -0.15) is 0 Å². The van der Waals surface area contributed by atoms with Crippen molar-refractivity contribution in [3.05, 3.63) is 29.8 Å². The Balaban J connectivity index is 2.87. The van der Waals surface area contributed by atoms with Gasteiger partial charge in [0.05, 0.1) is 6.61 Å². The van der Waals surface area contributed by atoms with Crippen LogP contribution in [0.3, 0.4) is 0 Å². The van der Waals surface area contributed by atoms with E-state index in [9.17, 15) is 9.90 Å². The lowest BCUT2D eigenvalue weighted by atomic mass is 10.1. The van der Waals surface area contributed by atoms with Crippen LogP contribution < -0.4 is 15.6 Å². The summed E-state index contributed by atoms with van der Waals surface area (Å²) in [7, 11) is 0. The zero-order chi connectivity index (χ0) is 10.6. The highest BCUT2D eigenvalue weighted by Crippen LogP contribution is 2.16. The van der Waals surface area contributed by atoms with Gasteiger partial charge >= 0.3 is 0 Å². The number of quaternary nitrogens is 1. The first-order valence-electron chi connectivity index (χ1n) is 4.42. The van der Waals surface area contributed by atoms with E-state index < -0.39 is 12.0 Å². The van der Waals surface area contributed by atoms with Crippen molar-refractivity contribution in [1.82, 2.24) is 0 Å². The molecule has 0 radical (unpaired) electrons. The molecule has 4 heteroatoms. The van der Waals surface area contributed by atoms with Crippen LogP contribution in [0.2, 0.25) is 0 Å². The van der Waals surface area contributed by atoms with Crippen molar-refractivity contribution in [2.45, 2.75) is 13.0 Å². The lowest BCUT2D eigenvalue weighted by Gasteiger charge is -2.11. The fourth-order valence-electron chi connectivity index (χ4n) is 1.12. The molecule has 0 aliphatic carbocycles. The van der Waals surface area contributed by atoms with Gasteiger partial charge in [-0.05, 0) is 19.1 Å². The predicted octanol–water partition coefficient (Wildman–Crippen LogP) is -0.882. The Bertz CT molecular complexity index is 325. The molecule has 14 heavy (non-hydrogen) atoms. The highest BCUT2D eigenvalue weighted by atomic mass is 16.5. The normalized spacial score (nSPS) is 12.1. The van der Waals surface area contributed by atoms with Crippen molar-refractivity contribution >= 4 is 5.97 Å². The Morgan fingerprint density at radius 3 is 2.93 bits per heavy atom. The molecule has 76 valence electrons. The summed E-state index contributed by atoms with van der Waals surface area (Å²) in [5, 5.41) is 10.6. The molecule has 0 spiro atoms. The summed E-state index contributed by atoms with van der Waals surface area (Å²) >= 11 is 0. The van der Waals surface area contributed by atoms with E-state index in [4.69, 9.17) is 4.74 Å². The Kier molecular flexibility index (Phi) is 3.48. The van der Waals surface area contributed by atoms with Crippen LogP contribution in [0.5, 0.6) is 5.75 Å². The Hall–Kier alpha value is -1.55. The monoisotopic (exact) mass is 195 g/mol. The van der Waals surface area contributed by atoms with E-state index in [0.717, 1.165) is 0 Å². The molecule has 0 aromatic heterocycles. The van der Waals surface area contributed by atoms with Gasteiger partial charge in [0.15, 0.2) is 6.04 Å². The lowest BCUT2D eigenvalue weighted by Crippen LogP contribution is -2.61. The molecule has 0 bridgehead atoms. The van der Waals surface area contributed by atoms with Crippen LogP contribution in [0.25, 0.3) is 0 Å². The van der Waals surface area contributed by atoms with Gasteiger partial charge in [0.2, 0.25) is 0 Å². The summed E-state index contributed by atoms with van der Waals surface area (Å²) in [4.78, 5) is 10.6. The molecular weight excluding hydrogens is 182 g/mol. The number of benzene rings is 1. The average molecular weight is 195 g/mol. The zero-order valence-corrected chi connectivity index (χ0v) is 8.03. The minimum Gasteiger partial charge on any atom is -0.544 e. The zero-order valence-electron chi connectivity index (χ0n) is 8.03. The summed E-state index contributed by atoms with van der Waals surface area (Å²) in [6.45, 7) is 2.42. The number of ether oxygens (including phenoxy) is 1. The topological polar surface area (TPSA) is 77.0 Å². The van der Waals surface area contributed by atoms with Crippen molar-refractivity contribution < 1.29 is 20.4 Å². The minimum absolute atomic E-state index is 0.552. The SMILES string of the molecule is CCOc1cccc([C@H]([NH3+])C(=O)[O-])c1. The number of rotatable bonds is 4. The molecule has 0 aliphatic heterocycles. The summed E-state index contributed by atoms with van der Waals surface area (Å²) in [6, 6.07) is 6.01. The van der Waals surface area contributed by atoms with Crippen LogP contribution >= 0.6 is 0 Å². The van der Waals surface area contributed by atoms with Crippen molar-refractivity contribution in [3.8, 4) is 5.75 Å². The third-order valence-corrected chi connectivity index (χ3v) is 1.86. The smallest absolute Gasteiger partial charge is 0.150 e. The average Bonchev–Trinajstić information content (AvgIpc) is 2.17. The first kappa shape index (κ1) is 10.5. The number of hydrogen-bond acceptors (Lipinski definition) is 3. The van der Waals surface area contributed by atoms with Gasteiger partial charge in [-0.25, -0.2) is 0 Å². The second kappa shape index (κ2) is 4.62. The molecule has 0 unspecified atom stereocenters. The van der Waals surface area contributed by atoms with Gasteiger partial charge < -0.3 is 20.4 Å². The van der Waals surface area contributed by atoms with Crippen LogP contribution in [0, 0.1) is 0 Å². The van der Waals surface area contributed by atoms with Gasteiger partial charge in [0, 0.05) is 5.56 Å². The second-order valence-electron chi connectivity index (χ2n) is 2.88. The maximum absolute atomic E-state index is 10.6. The largest absolute Gasteiger partial charge is 0.544 e. The molecule has 4 nitrogen and oxygen atoms in total. The highest BCUT2D eigenvalue weighted by molar-refractivity contribution is 5.71. The van der Waals surface area contributed by atoms with Gasteiger partial charge in [-0.15, -0.1) is 0 Å². The summed E-state index contributed by atoms with van der Waals surface area (Å²) in [6.07, 6.45) is 0.